The zero-order valence-electron chi connectivity index (χ0n) is 12.0. The van der Waals surface area contributed by atoms with Crippen LogP contribution < -0.4 is 0 Å². The molecule has 0 radical (unpaired) electrons. The van der Waals surface area contributed by atoms with Crippen molar-refractivity contribution in [3.63, 3.8) is 0 Å². The molecule has 2 fully saturated rings. The van der Waals surface area contributed by atoms with Crippen molar-refractivity contribution in [3.8, 4) is 0 Å². The quantitative estimate of drug-likeness (QED) is 0.690. The van der Waals surface area contributed by atoms with Gasteiger partial charge in [-0.1, -0.05) is 58.3 Å². The topological polar surface area (TPSA) is 40.5 Å². The van der Waals surface area contributed by atoms with Crippen molar-refractivity contribution in [2.45, 2.75) is 95.2 Å². The van der Waals surface area contributed by atoms with E-state index in [9.17, 15) is 10.2 Å². The van der Waals surface area contributed by atoms with E-state index in [1.54, 1.807) is 0 Å². The van der Waals surface area contributed by atoms with Crippen molar-refractivity contribution >= 4 is 0 Å². The van der Waals surface area contributed by atoms with Crippen LogP contribution in [0.1, 0.15) is 84.0 Å². The lowest BCUT2D eigenvalue weighted by Crippen LogP contribution is -2.49. The third-order valence-corrected chi connectivity index (χ3v) is 5.17. The summed E-state index contributed by atoms with van der Waals surface area (Å²) in [4.78, 5) is 0. The van der Waals surface area contributed by atoms with Gasteiger partial charge in [-0.2, -0.15) is 0 Å². The molecule has 2 N–H and O–H groups in total. The molecule has 2 nitrogen and oxygen atoms in total. The average molecular weight is 254 g/mol. The molecule has 0 aromatic rings. The van der Waals surface area contributed by atoms with Crippen LogP contribution in [0.2, 0.25) is 0 Å². The highest BCUT2D eigenvalue weighted by molar-refractivity contribution is 5.06. The molecule has 18 heavy (non-hydrogen) atoms. The molecule has 0 aromatic heterocycles. The molecule has 2 heteroatoms. The highest BCUT2D eigenvalue weighted by Gasteiger charge is 2.54. The molecule has 0 aromatic carbocycles. The summed E-state index contributed by atoms with van der Waals surface area (Å²) in [6.07, 6.45) is 13.1. The Morgan fingerprint density at radius 1 is 0.667 bits per heavy atom. The number of rotatable bonds is 0. The predicted molar refractivity (Wildman–Crippen MR) is 74.5 cm³/mol. The molecule has 0 saturated heterocycles. The van der Waals surface area contributed by atoms with E-state index in [0.717, 1.165) is 38.5 Å². The van der Waals surface area contributed by atoms with Crippen molar-refractivity contribution in [3.05, 3.63) is 0 Å². The lowest BCUT2D eigenvalue weighted by Gasteiger charge is -2.39. The number of aliphatic hydroxyl groups is 2. The van der Waals surface area contributed by atoms with Gasteiger partial charge >= 0.3 is 0 Å². The molecule has 2 saturated carbocycles. The van der Waals surface area contributed by atoms with Crippen LogP contribution in [0.3, 0.4) is 0 Å². The standard InChI is InChI=1S/C16H30O2/c1-14-12-15(17)10-8-6-4-2-3-5-7-9-11-16(15,18)13-14/h14,17-18H,2-13H2,1H3. The fourth-order valence-electron chi connectivity index (χ4n) is 4.17. The minimum Gasteiger partial charge on any atom is -0.387 e. The van der Waals surface area contributed by atoms with Crippen LogP contribution in [0.4, 0.5) is 0 Å². The Morgan fingerprint density at radius 3 is 1.39 bits per heavy atom. The van der Waals surface area contributed by atoms with Crippen molar-refractivity contribution in [1.29, 1.82) is 0 Å². The minimum atomic E-state index is -0.800. The van der Waals surface area contributed by atoms with Gasteiger partial charge in [0.1, 0.15) is 0 Å². The van der Waals surface area contributed by atoms with Gasteiger partial charge in [0.05, 0.1) is 11.2 Å². The van der Waals surface area contributed by atoms with E-state index in [4.69, 9.17) is 0 Å². The van der Waals surface area contributed by atoms with E-state index in [1.165, 1.54) is 38.5 Å². The van der Waals surface area contributed by atoms with Gasteiger partial charge in [0.2, 0.25) is 0 Å². The Labute approximate surface area is 112 Å². The molecule has 2 aliphatic carbocycles. The zero-order chi connectivity index (χ0) is 13.1. The van der Waals surface area contributed by atoms with Crippen molar-refractivity contribution in [2.75, 3.05) is 0 Å². The normalized spacial score (nSPS) is 43.8. The molecule has 0 heterocycles. The fourth-order valence-corrected chi connectivity index (χ4v) is 4.17. The smallest absolute Gasteiger partial charge is 0.0936 e. The van der Waals surface area contributed by atoms with Gasteiger partial charge in [-0.15, -0.1) is 0 Å². The fraction of sp³-hybridized carbons (Fsp3) is 1.00. The molecular formula is C16H30O2. The summed E-state index contributed by atoms with van der Waals surface area (Å²) in [6, 6.07) is 0. The maximum Gasteiger partial charge on any atom is 0.0936 e. The first-order valence-electron chi connectivity index (χ1n) is 8.01. The first-order chi connectivity index (χ1) is 8.56. The molecule has 0 aliphatic heterocycles. The van der Waals surface area contributed by atoms with Crippen molar-refractivity contribution < 1.29 is 10.2 Å². The van der Waals surface area contributed by atoms with Gasteiger partial charge in [-0.05, 0) is 31.6 Å². The highest BCUT2D eigenvalue weighted by Crippen LogP contribution is 2.48. The minimum absolute atomic E-state index is 0.463. The molecule has 106 valence electrons. The Balaban J connectivity index is 2.03. The molecule has 2 aliphatic rings. The largest absolute Gasteiger partial charge is 0.387 e. The average Bonchev–Trinajstić information content (AvgIpc) is 2.50. The van der Waals surface area contributed by atoms with E-state index in [-0.39, 0.29) is 0 Å². The highest BCUT2D eigenvalue weighted by atomic mass is 16.4. The van der Waals surface area contributed by atoms with E-state index in [0.29, 0.717) is 5.92 Å². The van der Waals surface area contributed by atoms with Crippen LogP contribution in [0.25, 0.3) is 0 Å². The Bertz CT molecular complexity index is 240. The second-order valence-corrected chi connectivity index (χ2v) is 6.91. The maximum absolute atomic E-state index is 10.9. The first-order valence-corrected chi connectivity index (χ1v) is 8.01. The summed E-state index contributed by atoms with van der Waals surface area (Å²) >= 11 is 0. The van der Waals surface area contributed by atoms with Crippen LogP contribution in [0.15, 0.2) is 0 Å². The summed E-state index contributed by atoms with van der Waals surface area (Å²) < 4.78 is 0. The van der Waals surface area contributed by atoms with Crippen LogP contribution in [-0.4, -0.2) is 21.4 Å². The van der Waals surface area contributed by atoms with Gasteiger partial charge in [-0.25, -0.2) is 0 Å². The monoisotopic (exact) mass is 254 g/mol. The molecular weight excluding hydrogens is 224 g/mol. The Hall–Kier alpha value is -0.0800. The van der Waals surface area contributed by atoms with Gasteiger partial charge in [0.15, 0.2) is 0 Å². The van der Waals surface area contributed by atoms with Crippen molar-refractivity contribution in [2.24, 2.45) is 5.92 Å². The van der Waals surface area contributed by atoms with Crippen LogP contribution >= 0.6 is 0 Å². The van der Waals surface area contributed by atoms with Gasteiger partial charge in [-0.3, -0.25) is 0 Å². The first kappa shape index (κ1) is 14.3. The lowest BCUT2D eigenvalue weighted by atomic mass is 9.78. The van der Waals surface area contributed by atoms with Gasteiger partial charge < -0.3 is 10.2 Å². The van der Waals surface area contributed by atoms with Crippen molar-refractivity contribution in [1.82, 2.24) is 0 Å². The summed E-state index contributed by atoms with van der Waals surface area (Å²) in [7, 11) is 0. The van der Waals surface area contributed by atoms with Gasteiger partial charge in [0.25, 0.3) is 0 Å². The van der Waals surface area contributed by atoms with E-state index < -0.39 is 11.2 Å². The maximum atomic E-state index is 10.9. The summed E-state index contributed by atoms with van der Waals surface area (Å²) in [5.74, 6) is 0.463. The lowest BCUT2D eigenvalue weighted by molar-refractivity contribution is -0.140. The number of fused-ring (bicyclic) bond motifs is 1. The third-order valence-electron chi connectivity index (χ3n) is 5.17. The summed E-state index contributed by atoms with van der Waals surface area (Å²) in [5, 5.41) is 21.7. The molecule has 0 bridgehead atoms. The Morgan fingerprint density at radius 2 is 1.00 bits per heavy atom. The number of hydrogen-bond donors (Lipinski definition) is 2. The second-order valence-electron chi connectivity index (χ2n) is 6.91. The zero-order valence-corrected chi connectivity index (χ0v) is 12.0. The second kappa shape index (κ2) is 5.92. The SMILES string of the molecule is CC1CC2(O)CCCCCCCCCCC2(O)C1. The van der Waals surface area contributed by atoms with Crippen LogP contribution in [0.5, 0.6) is 0 Å². The predicted octanol–water partition coefficient (Wildman–Crippen LogP) is 3.79. The molecule has 0 spiro atoms. The summed E-state index contributed by atoms with van der Waals surface area (Å²) in [5.41, 5.74) is -1.60. The summed E-state index contributed by atoms with van der Waals surface area (Å²) in [6.45, 7) is 2.17. The molecule has 2 unspecified atom stereocenters. The molecule has 2 rings (SSSR count). The van der Waals surface area contributed by atoms with E-state index in [1.807, 2.05) is 0 Å². The van der Waals surface area contributed by atoms with E-state index >= 15 is 0 Å². The third kappa shape index (κ3) is 3.08. The van der Waals surface area contributed by atoms with Crippen LogP contribution in [-0.2, 0) is 0 Å². The van der Waals surface area contributed by atoms with Gasteiger partial charge in [0, 0.05) is 0 Å². The Kier molecular flexibility index (Phi) is 4.71. The number of hydrogen-bond acceptors (Lipinski definition) is 2. The van der Waals surface area contributed by atoms with Crippen LogP contribution in [0, 0.1) is 5.92 Å². The molecule has 2 atom stereocenters. The molecule has 0 amide bonds. The van der Waals surface area contributed by atoms with E-state index in [2.05, 4.69) is 6.92 Å².